The molecular weight excluding hydrogens is 520 g/mol. The van der Waals surface area contributed by atoms with Gasteiger partial charge in [0.25, 0.3) is 0 Å². The lowest BCUT2D eigenvalue weighted by Crippen LogP contribution is -2.14. The van der Waals surface area contributed by atoms with Crippen LogP contribution in [0.4, 0.5) is 0 Å². The van der Waals surface area contributed by atoms with Crippen molar-refractivity contribution in [1.82, 2.24) is 0 Å². The molecule has 3 aromatic rings. The molecule has 0 spiro atoms. The maximum absolute atomic E-state index is 12.8. The molecule has 0 fully saturated rings. The van der Waals surface area contributed by atoms with Gasteiger partial charge < -0.3 is 9.47 Å². The van der Waals surface area contributed by atoms with E-state index in [9.17, 15) is 9.59 Å². The van der Waals surface area contributed by atoms with Crippen LogP contribution in [-0.2, 0) is 22.3 Å². The molecule has 224 valence electrons. The quantitative estimate of drug-likeness (QED) is 0.0924. The second-order valence-electron chi connectivity index (χ2n) is 10.8. The summed E-state index contributed by atoms with van der Waals surface area (Å²) in [7, 11) is 0. The lowest BCUT2D eigenvalue weighted by molar-refractivity contribution is 0.0479. The van der Waals surface area contributed by atoms with E-state index in [2.05, 4.69) is 68.5 Å². The van der Waals surface area contributed by atoms with Crippen molar-refractivity contribution >= 4 is 23.6 Å². The van der Waals surface area contributed by atoms with Crippen molar-refractivity contribution in [2.75, 3.05) is 13.2 Å². The fourth-order valence-electron chi connectivity index (χ4n) is 5.13. The number of aryl methyl sites for hydroxylation is 2. The largest absolute Gasteiger partial charge is 0.462 e. The molecule has 0 saturated heterocycles. The minimum absolute atomic E-state index is 0.216. The lowest BCUT2D eigenvalue weighted by Gasteiger charge is -2.13. The van der Waals surface area contributed by atoms with Gasteiger partial charge >= 0.3 is 11.9 Å². The first-order valence-corrected chi connectivity index (χ1v) is 15.9. The van der Waals surface area contributed by atoms with Gasteiger partial charge in [-0.05, 0) is 91.1 Å². The third-order valence-corrected chi connectivity index (χ3v) is 7.51. The third-order valence-electron chi connectivity index (χ3n) is 7.51. The van der Waals surface area contributed by atoms with Gasteiger partial charge in [0.2, 0.25) is 0 Å². The summed E-state index contributed by atoms with van der Waals surface area (Å²) in [5, 5.41) is 0. The van der Waals surface area contributed by atoms with Crippen molar-refractivity contribution < 1.29 is 19.1 Å². The summed E-state index contributed by atoms with van der Waals surface area (Å²) in [4.78, 5) is 25.4. The molecule has 0 unspecified atom stereocenters. The summed E-state index contributed by atoms with van der Waals surface area (Å²) in [5.41, 5.74) is 7.21. The SMILES string of the molecule is CCCCCCc1ccc(C(=Cc2ccc(C(=O)OCC)c(C(=O)OCC)c2)c2ccc(CCCCCC)cc2)cc1. The summed E-state index contributed by atoms with van der Waals surface area (Å²) < 4.78 is 10.5. The number of ether oxygens (including phenoxy) is 2. The first-order valence-electron chi connectivity index (χ1n) is 15.9. The zero-order valence-electron chi connectivity index (χ0n) is 26.0. The summed E-state index contributed by atoms with van der Waals surface area (Å²) in [5.74, 6) is -1.06. The summed E-state index contributed by atoms with van der Waals surface area (Å²) in [6.07, 6.45) is 14.2. The number of carbonyl (C=O) groups excluding carboxylic acids is 2. The Labute approximate surface area is 253 Å². The molecule has 0 aliphatic heterocycles. The van der Waals surface area contributed by atoms with Gasteiger partial charge in [0.05, 0.1) is 24.3 Å². The van der Waals surface area contributed by atoms with E-state index >= 15 is 0 Å². The molecule has 3 aromatic carbocycles. The van der Waals surface area contributed by atoms with Gasteiger partial charge in [-0.3, -0.25) is 0 Å². The maximum atomic E-state index is 12.8. The second-order valence-corrected chi connectivity index (χ2v) is 10.8. The Morgan fingerprint density at radius 1 is 0.571 bits per heavy atom. The lowest BCUT2D eigenvalue weighted by atomic mass is 9.92. The van der Waals surface area contributed by atoms with Crippen molar-refractivity contribution in [1.29, 1.82) is 0 Å². The minimum Gasteiger partial charge on any atom is -0.462 e. The molecule has 0 aromatic heterocycles. The van der Waals surface area contributed by atoms with Crippen LogP contribution in [0.3, 0.4) is 0 Å². The maximum Gasteiger partial charge on any atom is 0.339 e. The highest BCUT2D eigenvalue weighted by Gasteiger charge is 2.20. The molecular formula is C38H48O4. The number of esters is 2. The van der Waals surface area contributed by atoms with Gasteiger partial charge in [-0.25, -0.2) is 9.59 Å². The average molecular weight is 569 g/mol. The van der Waals surface area contributed by atoms with Crippen molar-refractivity contribution in [3.8, 4) is 0 Å². The Morgan fingerprint density at radius 2 is 1.05 bits per heavy atom. The molecule has 0 heterocycles. The summed E-state index contributed by atoms with van der Waals surface area (Å²) in [6.45, 7) is 8.44. The highest BCUT2D eigenvalue weighted by molar-refractivity contribution is 6.04. The Balaban J connectivity index is 1.99. The predicted octanol–water partition coefficient (Wildman–Crippen LogP) is 9.87. The number of hydrogen-bond acceptors (Lipinski definition) is 4. The van der Waals surface area contributed by atoms with E-state index < -0.39 is 11.9 Å². The van der Waals surface area contributed by atoms with Crippen molar-refractivity contribution in [2.45, 2.75) is 91.9 Å². The molecule has 4 heteroatoms. The highest BCUT2D eigenvalue weighted by Crippen LogP contribution is 2.29. The summed E-state index contributed by atoms with van der Waals surface area (Å²) >= 11 is 0. The topological polar surface area (TPSA) is 52.6 Å². The van der Waals surface area contributed by atoms with Crippen LogP contribution in [0.1, 0.15) is 128 Å². The molecule has 42 heavy (non-hydrogen) atoms. The molecule has 4 nitrogen and oxygen atoms in total. The Bertz CT molecular complexity index is 1230. The molecule has 3 rings (SSSR count). The number of carbonyl (C=O) groups is 2. The van der Waals surface area contributed by atoms with Crippen molar-refractivity contribution in [3.63, 3.8) is 0 Å². The Morgan fingerprint density at radius 3 is 1.50 bits per heavy atom. The number of benzene rings is 3. The molecule has 0 bridgehead atoms. The fraction of sp³-hybridized carbons (Fsp3) is 0.421. The zero-order chi connectivity index (χ0) is 30.2. The zero-order valence-corrected chi connectivity index (χ0v) is 26.0. The van der Waals surface area contributed by atoms with Gasteiger partial charge in [-0.1, -0.05) is 107 Å². The standard InChI is InChI=1S/C38H48O4/c1-5-9-11-13-15-29-17-22-32(23-18-29)35(33-24-19-30(20-25-33)16-14-12-10-6-2)27-31-21-26-34(37(39)41-7-3)36(28-31)38(40)42-8-4/h17-28H,5-16H2,1-4H3. The first-order chi connectivity index (χ1) is 20.5. The molecule has 0 radical (unpaired) electrons. The van der Waals surface area contributed by atoms with Crippen LogP contribution in [-0.4, -0.2) is 25.2 Å². The normalized spacial score (nSPS) is 10.8. The molecule has 0 amide bonds. The molecule has 0 atom stereocenters. The van der Waals surface area contributed by atoms with Gasteiger partial charge in [0.1, 0.15) is 0 Å². The van der Waals surface area contributed by atoms with Crippen molar-refractivity contribution in [3.05, 3.63) is 106 Å². The summed E-state index contributed by atoms with van der Waals surface area (Å²) in [6, 6.07) is 22.9. The number of rotatable bonds is 17. The molecule has 0 saturated carbocycles. The van der Waals surface area contributed by atoms with Crippen LogP contribution in [0.25, 0.3) is 11.6 Å². The third kappa shape index (κ3) is 10.0. The Kier molecular flexibility index (Phi) is 14.1. The first kappa shape index (κ1) is 32.8. The van der Waals surface area contributed by atoms with E-state index in [4.69, 9.17) is 9.47 Å². The van der Waals surface area contributed by atoms with Gasteiger partial charge in [0, 0.05) is 0 Å². The van der Waals surface area contributed by atoms with E-state index in [0.717, 1.165) is 35.1 Å². The van der Waals surface area contributed by atoms with E-state index in [1.54, 1.807) is 26.0 Å². The number of hydrogen-bond donors (Lipinski definition) is 0. The molecule has 0 aliphatic rings. The predicted molar refractivity (Wildman–Crippen MR) is 174 cm³/mol. The van der Waals surface area contributed by atoms with E-state index in [1.807, 2.05) is 6.07 Å². The van der Waals surface area contributed by atoms with E-state index in [-0.39, 0.29) is 24.3 Å². The van der Waals surface area contributed by atoms with Crippen LogP contribution in [0.5, 0.6) is 0 Å². The fourth-order valence-corrected chi connectivity index (χ4v) is 5.13. The molecule has 0 N–H and O–H groups in total. The van der Waals surface area contributed by atoms with Crippen LogP contribution >= 0.6 is 0 Å². The van der Waals surface area contributed by atoms with Gasteiger partial charge in [-0.2, -0.15) is 0 Å². The minimum atomic E-state index is -0.530. The monoisotopic (exact) mass is 568 g/mol. The van der Waals surface area contributed by atoms with Crippen LogP contribution in [0.15, 0.2) is 66.7 Å². The molecule has 0 aliphatic carbocycles. The van der Waals surface area contributed by atoms with Crippen LogP contribution in [0.2, 0.25) is 0 Å². The van der Waals surface area contributed by atoms with Crippen molar-refractivity contribution in [2.24, 2.45) is 0 Å². The van der Waals surface area contributed by atoms with Crippen LogP contribution in [0, 0.1) is 0 Å². The van der Waals surface area contributed by atoms with Crippen LogP contribution < -0.4 is 0 Å². The smallest absolute Gasteiger partial charge is 0.339 e. The van der Waals surface area contributed by atoms with E-state index in [0.29, 0.717) is 0 Å². The van der Waals surface area contributed by atoms with Gasteiger partial charge in [-0.15, -0.1) is 0 Å². The second kappa shape index (κ2) is 18.0. The van der Waals surface area contributed by atoms with Gasteiger partial charge in [0.15, 0.2) is 0 Å². The highest BCUT2D eigenvalue weighted by atomic mass is 16.5. The Hall–Kier alpha value is -3.66. The number of unbranched alkanes of at least 4 members (excludes halogenated alkanes) is 6. The van der Waals surface area contributed by atoms with E-state index in [1.165, 1.54) is 62.5 Å². The average Bonchev–Trinajstić information content (AvgIpc) is 3.01.